The van der Waals surface area contributed by atoms with Gasteiger partial charge >= 0.3 is 0 Å². The number of terminal acetylenes is 1. The molecule has 2 heterocycles. The van der Waals surface area contributed by atoms with Crippen LogP contribution in [0.4, 0.5) is 0 Å². The molecule has 2 aliphatic heterocycles. The fraction of sp³-hybridized carbons (Fsp3) is 0.500. The van der Waals surface area contributed by atoms with Crippen molar-refractivity contribution in [2.24, 2.45) is 0 Å². The van der Waals surface area contributed by atoms with Gasteiger partial charge in [-0.1, -0.05) is 36.3 Å². The van der Waals surface area contributed by atoms with Gasteiger partial charge in [-0.2, -0.15) is 0 Å². The van der Waals surface area contributed by atoms with E-state index >= 15 is 0 Å². The summed E-state index contributed by atoms with van der Waals surface area (Å²) in [4.78, 5) is 0. The van der Waals surface area contributed by atoms with Crippen molar-refractivity contribution < 1.29 is 18.9 Å². The first-order valence-electron chi connectivity index (χ1n) is 6.72. The van der Waals surface area contributed by atoms with Crippen LogP contribution in [0, 0.1) is 12.3 Å². The molecule has 2 aliphatic rings. The van der Waals surface area contributed by atoms with E-state index in [1.807, 2.05) is 44.2 Å². The van der Waals surface area contributed by atoms with Gasteiger partial charge in [0.05, 0.1) is 6.61 Å². The molecule has 0 radical (unpaired) electrons. The van der Waals surface area contributed by atoms with E-state index in [0.29, 0.717) is 6.61 Å². The van der Waals surface area contributed by atoms with Crippen LogP contribution in [0.3, 0.4) is 0 Å². The van der Waals surface area contributed by atoms with Crippen molar-refractivity contribution in [1.29, 1.82) is 0 Å². The zero-order chi connectivity index (χ0) is 14.2. The third-order valence-electron chi connectivity index (χ3n) is 3.44. The van der Waals surface area contributed by atoms with Crippen LogP contribution in [0.25, 0.3) is 0 Å². The average Bonchev–Trinajstić information content (AvgIpc) is 2.89. The second-order valence-electron chi connectivity index (χ2n) is 5.45. The average molecular weight is 274 g/mol. The maximum absolute atomic E-state index is 5.93. The molecule has 2 fully saturated rings. The predicted octanol–water partition coefficient (Wildman–Crippen LogP) is 2.08. The summed E-state index contributed by atoms with van der Waals surface area (Å²) in [7, 11) is 0. The van der Waals surface area contributed by atoms with Gasteiger partial charge in [0.1, 0.15) is 18.3 Å². The number of ether oxygens (including phenoxy) is 4. The lowest BCUT2D eigenvalue weighted by atomic mass is 10.1. The minimum atomic E-state index is -0.663. The van der Waals surface area contributed by atoms with Gasteiger partial charge in [-0.15, -0.1) is 6.42 Å². The van der Waals surface area contributed by atoms with Gasteiger partial charge < -0.3 is 18.9 Å². The zero-order valence-electron chi connectivity index (χ0n) is 11.6. The van der Waals surface area contributed by atoms with Crippen LogP contribution < -0.4 is 0 Å². The Morgan fingerprint density at radius 2 is 2.00 bits per heavy atom. The van der Waals surface area contributed by atoms with Gasteiger partial charge in [-0.05, 0) is 19.4 Å². The molecule has 1 aromatic carbocycles. The molecule has 3 rings (SSSR count). The molecule has 1 aromatic rings. The molecule has 106 valence electrons. The number of hydrogen-bond acceptors (Lipinski definition) is 4. The minimum Gasteiger partial charge on any atom is -0.367 e. The maximum atomic E-state index is 5.93. The largest absolute Gasteiger partial charge is 0.367 e. The second-order valence-corrected chi connectivity index (χ2v) is 5.45. The summed E-state index contributed by atoms with van der Waals surface area (Å²) in [5.41, 5.74) is 1.09. The van der Waals surface area contributed by atoms with E-state index < -0.39 is 18.2 Å². The first kappa shape index (κ1) is 13.6. The molecular formula is C16H18O4. The number of hydrogen-bond donors (Lipinski definition) is 0. The van der Waals surface area contributed by atoms with Crippen LogP contribution >= 0.6 is 0 Å². The summed E-state index contributed by atoms with van der Waals surface area (Å²) in [6, 6.07) is 9.94. The first-order valence-corrected chi connectivity index (χ1v) is 6.72. The quantitative estimate of drug-likeness (QED) is 0.791. The summed E-state index contributed by atoms with van der Waals surface area (Å²) >= 11 is 0. The van der Waals surface area contributed by atoms with Crippen LogP contribution in [0.1, 0.15) is 19.4 Å². The highest BCUT2D eigenvalue weighted by molar-refractivity contribution is 5.14. The van der Waals surface area contributed by atoms with E-state index in [2.05, 4.69) is 5.92 Å². The molecule has 0 aromatic heterocycles. The summed E-state index contributed by atoms with van der Waals surface area (Å²) in [6.07, 6.45) is 4.01. The van der Waals surface area contributed by atoms with Crippen molar-refractivity contribution in [3.8, 4) is 12.3 Å². The molecule has 0 aliphatic carbocycles. The Morgan fingerprint density at radius 1 is 1.25 bits per heavy atom. The Kier molecular flexibility index (Phi) is 3.53. The summed E-state index contributed by atoms with van der Waals surface area (Å²) in [5, 5.41) is 0. The topological polar surface area (TPSA) is 36.9 Å². The highest BCUT2D eigenvalue weighted by Crippen LogP contribution is 2.38. The standard InChI is InChI=1S/C16H18O4/c1-4-12-13(17-10-11-8-6-5-7-9-11)14-15(18-12)20-16(2,3)19-14/h1,5-9,12-15H,10H2,2-3H3/t12-,13-,14+,15+/m0/s1. The lowest BCUT2D eigenvalue weighted by molar-refractivity contribution is -0.211. The van der Waals surface area contributed by atoms with Crippen LogP contribution in [-0.4, -0.2) is 30.4 Å². The van der Waals surface area contributed by atoms with E-state index in [0.717, 1.165) is 5.56 Å². The van der Waals surface area contributed by atoms with Gasteiger partial charge in [0.15, 0.2) is 12.1 Å². The Labute approximate surface area is 119 Å². The fourth-order valence-electron chi connectivity index (χ4n) is 2.56. The molecule has 0 unspecified atom stereocenters. The maximum Gasteiger partial charge on any atom is 0.191 e. The highest BCUT2D eigenvalue weighted by Gasteiger charge is 2.55. The Hall–Kier alpha value is -1.38. The lowest BCUT2D eigenvalue weighted by Crippen LogP contribution is -2.36. The molecule has 0 bridgehead atoms. The summed E-state index contributed by atoms with van der Waals surface area (Å²) in [5.74, 6) is 1.94. The Morgan fingerprint density at radius 3 is 2.70 bits per heavy atom. The fourth-order valence-corrected chi connectivity index (χ4v) is 2.56. The number of benzene rings is 1. The SMILES string of the molecule is C#C[C@@H]1O[C@@H]2OC(C)(C)O[C@@H]2[C@H]1OCc1ccccc1. The van der Waals surface area contributed by atoms with Crippen LogP contribution in [0.5, 0.6) is 0 Å². The van der Waals surface area contributed by atoms with Crippen molar-refractivity contribution in [1.82, 2.24) is 0 Å². The number of rotatable bonds is 3. The van der Waals surface area contributed by atoms with Gasteiger partial charge in [-0.3, -0.25) is 0 Å². The van der Waals surface area contributed by atoms with E-state index in [4.69, 9.17) is 25.4 Å². The van der Waals surface area contributed by atoms with E-state index in [1.165, 1.54) is 0 Å². The van der Waals surface area contributed by atoms with Crippen LogP contribution in [0.15, 0.2) is 30.3 Å². The zero-order valence-corrected chi connectivity index (χ0v) is 11.6. The monoisotopic (exact) mass is 274 g/mol. The normalized spacial score (nSPS) is 34.6. The van der Waals surface area contributed by atoms with Crippen molar-refractivity contribution >= 4 is 0 Å². The summed E-state index contributed by atoms with van der Waals surface area (Å²) < 4.78 is 23.1. The first-order chi connectivity index (χ1) is 9.59. The van der Waals surface area contributed by atoms with Crippen LogP contribution in [0.2, 0.25) is 0 Å². The molecule has 4 nitrogen and oxygen atoms in total. The van der Waals surface area contributed by atoms with Crippen LogP contribution in [-0.2, 0) is 25.6 Å². The van der Waals surface area contributed by atoms with E-state index in [-0.39, 0.29) is 12.2 Å². The van der Waals surface area contributed by atoms with Crippen molar-refractivity contribution in [3.63, 3.8) is 0 Å². The number of fused-ring (bicyclic) bond motifs is 1. The van der Waals surface area contributed by atoms with Gasteiger partial charge in [-0.25, -0.2) is 0 Å². The Bertz CT molecular complexity index is 505. The Balaban J connectivity index is 1.69. The van der Waals surface area contributed by atoms with Gasteiger partial charge in [0.25, 0.3) is 0 Å². The molecule has 0 amide bonds. The second kappa shape index (κ2) is 5.19. The highest BCUT2D eigenvalue weighted by atomic mass is 16.8. The summed E-state index contributed by atoms with van der Waals surface area (Å²) in [6.45, 7) is 4.18. The molecule has 2 saturated heterocycles. The molecule has 0 spiro atoms. The van der Waals surface area contributed by atoms with Gasteiger partial charge in [0.2, 0.25) is 0 Å². The van der Waals surface area contributed by atoms with Gasteiger partial charge in [0, 0.05) is 0 Å². The van der Waals surface area contributed by atoms with E-state index in [1.54, 1.807) is 0 Å². The lowest BCUT2D eigenvalue weighted by Gasteiger charge is -2.23. The molecule has 4 heteroatoms. The van der Waals surface area contributed by atoms with Crippen molar-refractivity contribution in [2.45, 2.75) is 50.8 Å². The smallest absolute Gasteiger partial charge is 0.191 e. The molecule has 20 heavy (non-hydrogen) atoms. The molecule has 0 saturated carbocycles. The van der Waals surface area contributed by atoms with Crippen molar-refractivity contribution in [2.75, 3.05) is 0 Å². The molecule has 4 atom stereocenters. The third-order valence-corrected chi connectivity index (χ3v) is 3.44. The van der Waals surface area contributed by atoms with E-state index in [9.17, 15) is 0 Å². The third kappa shape index (κ3) is 2.58. The van der Waals surface area contributed by atoms with Crippen molar-refractivity contribution in [3.05, 3.63) is 35.9 Å². The molecular weight excluding hydrogens is 256 g/mol. The predicted molar refractivity (Wildman–Crippen MR) is 72.6 cm³/mol. The minimum absolute atomic E-state index is 0.283. The molecule has 0 N–H and O–H groups in total.